The number of fused-ring (bicyclic) bond motifs is 1. The number of hydrogen-bond acceptors (Lipinski definition) is 6. The molecule has 4 aromatic rings. The Morgan fingerprint density at radius 1 is 1.06 bits per heavy atom. The molecule has 1 atom stereocenters. The molecule has 166 valence electrons. The summed E-state index contributed by atoms with van der Waals surface area (Å²) in [6.45, 7) is 1.43. The lowest BCUT2D eigenvalue weighted by Crippen LogP contribution is -2.23. The number of carboxylic acids is 1. The summed E-state index contributed by atoms with van der Waals surface area (Å²) in [4.78, 5) is 29.0. The van der Waals surface area contributed by atoms with Crippen LogP contribution in [0.3, 0.4) is 0 Å². The summed E-state index contributed by atoms with van der Waals surface area (Å²) in [7, 11) is 1.46. The lowest BCUT2D eigenvalue weighted by molar-refractivity contribution is -0.144. The van der Waals surface area contributed by atoms with Gasteiger partial charge in [-0.05, 0) is 42.8 Å². The molecule has 1 heterocycles. The topological polar surface area (TPSA) is 103 Å². The zero-order valence-corrected chi connectivity index (χ0v) is 18.0. The molecule has 0 saturated carbocycles. The van der Waals surface area contributed by atoms with Gasteiger partial charge in [-0.1, -0.05) is 42.5 Å². The summed E-state index contributed by atoms with van der Waals surface area (Å²) < 4.78 is 12.0. The van der Waals surface area contributed by atoms with Crippen LogP contribution in [0.5, 0.6) is 11.5 Å². The Balaban J connectivity index is 1.77. The van der Waals surface area contributed by atoms with E-state index in [0.29, 0.717) is 33.8 Å². The number of carbonyl (C=O) groups is 1. The van der Waals surface area contributed by atoms with E-state index in [-0.39, 0.29) is 5.56 Å². The molecule has 0 aliphatic heterocycles. The zero-order valence-electron chi connectivity index (χ0n) is 18.0. The molecule has 1 N–H and O–H groups in total. The Labute approximate surface area is 189 Å². The predicted octanol–water partition coefficient (Wildman–Crippen LogP) is 3.81. The minimum atomic E-state index is -1.08. The number of rotatable bonds is 7. The van der Waals surface area contributed by atoms with Crippen LogP contribution in [0.25, 0.3) is 22.3 Å². The summed E-state index contributed by atoms with van der Waals surface area (Å²) in [6.07, 6.45) is 0.478. The van der Waals surface area contributed by atoms with Gasteiger partial charge in [0.1, 0.15) is 0 Å². The molecule has 0 aliphatic rings. The Bertz CT molecular complexity index is 1400. The first-order chi connectivity index (χ1) is 16.0. The second-order valence-corrected chi connectivity index (χ2v) is 7.19. The van der Waals surface area contributed by atoms with Gasteiger partial charge < -0.3 is 14.6 Å². The highest BCUT2D eigenvalue weighted by Gasteiger charge is 2.16. The van der Waals surface area contributed by atoms with Crippen molar-refractivity contribution < 1.29 is 19.4 Å². The SMILES string of the molecule is COc1cc(C=Nn2c(-c3ccccc3)nc3ccccc3c2=O)ccc1O[C@H](C)C(=O)O. The van der Waals surface area contributed by atoms with E-state index < -0.39 is 12.1 Å². The molecule has 0 saturated heterocycles. The minimum absolute atomic E-state index is 0.291. The van der Waals surface area contributed by atoms with Crippen LogP contribution < -0.4 is 15.0 Å². The van der Waals surface area contributed by atoms with Crippen LogP contribution in [-0.2, 0) is 4.79 Å². The molecule has 33 heavy (non-hydrogen) atoms. The molecule has 3 aromatic carbocycles. The van der Waals surface area contributed by atoms with E-state index in [2.05, 4.69) is 10.1 Å². The zero-order chi connectivity index (χ0) is 23.4. The second kappa shape index (κ2) is 9.35. The number of nitrogens with zero attached hydrogens (tertiary/aromatic N) is 3. The average molecular weight is 443 g/mol. The van der Waals surface area contributed by atoms with Crippen molar-refractivity contribution in [2.45, 2.75) is 13.0 Å². The third-order valence-electron chi connectivity index (χ3n) is 4.95. The maximum absolute atomic E-state index is 13.2. The fourth-order valence-electron chi connectivity index (χ4n) is 3.23. The van der Waals surface area contributed by atoms with E-state index in [1.807, 2.05) is 36.4 Å². The molecule has 0 bridgehead atoms. The van der Waals surface area contributed by atoms with Gasteiger partial charge in [0.05, 0.1) is 24.2 Å². The van der Waals surface area contributed by atoms with E-state index in [0.717, 1.165) is 5.56 Å². The summed E-state index contributed by atoms with van der Waals surface area (Å²) >= 11 is 0. The Morgan fingerprint density at radius 2 is 1.79 bits per heavy atom. The predicted molar refractivity (Wildman–Crippen MR) is 125 cm³/mol. The van der Waals surface area contributed by atoms with Crippen molar-refractivity contribution in [1.29, 1.82) is 0 Å². The summed E-state index contributed by atoms with van der Waals surface area (Å²) in [5.74, 6) is -0.0320. The second-order valence-electron chi connectivity index (χ2n) is 7.19. The van der Waals surface area contributed by atoms with Gasteiger partial charge in [0.15, 0.2) is 23.4 Å². The van der Waals surface area contributed by atoms with Gasteiger partial charge in [0.2, 0.25) is 0 Å². The van der Waals surface area contributed by atoms with Crippen molar-refractivity contribution in [3.8, 4) is 22.9 Å². The third kappa shape index (κ3) is 4.59. The molecule has 0 aliphatic carbocycles. The standard InChI is InChI=1S/C25H21N3O5/c1-16(25(30)31)33-21-13-12-17(14-22(21)32-2)15-26-28-23(18-8-4-3-5-9-18)27-20-11-7-6-10-19(20)24(28)29/h3-16H,1-2H3,(H,30,31)/t16-/m1/s1. The number of aromatic nitrogens is 2. The number of hydrogen-bond donors (Lipinski definition) is 1. The first kappa shape index (κ1) is 21.8. The van der Waals surface area contributed by atoms with Crippen molar-refractivity contribution in [1.82, 2.24) is 9.66 Å². The largest absolute Gasteiger partial charge is 0.493 e. The van der Waals surface area contributed by atoms with Crippen LogP contribution in [0.1, 0.15) is 12.5 Å². The number of methoxy groups -OCH3 is 1. The molecule has 1 aromatic heterocycles. The fraction of sp³-hybridized carbons (Fsp3) is 0.120. The van der Waals surface area contributed by atoms with Gasteiger partial charge in [-0.2, -0.15) is 9.78 Å². The smallest absolute Gasteiger partial charge is 0.344 e. The summed E-state index contributed by atoms with van der Waals surface area (Å²) in [5, 5.41) is 13.9. The van der Waals surface area contributed by atoms with Crippen LogP contribution in [0.4, 0.5) is 0 Å². The first-order valence-electron chi connectivity index (χ1n) is 10.2. The van der Waals surface area contributed by atoms with E-state index in [4.69, 9.17) is 14.6 Å². The van der Waals surface area contributed by atoms with E-state index in [1.54, 1.807) is 36.4 Å². The van der Waals surface area contributed by atoms with Crippen LogP contribution in [0.2, 0.25) is 0 Å². The maximum Gasteiger partial charge on any atom is 0.344 e. The monoisotopic (exact) mass is 443 g/mol. The van der Waals surface area contributed by atoms with E-state index in [9.17, 15) is 9.59 Å². The van der Waals surface area contributed by atoms with Crippen molar-refractivity contribution in [2.75, 3.05) is 7.11 Å². The molecule has 4 rings (SSSR count). The highest BCUT2D eigenvalue weighted by molar-refractivity contribution is 5.83. The number of aliphatic carboxylic acids is 1. The Kier molecular flexibility index (Phi) is 6.17. The number of para-hydroxylation sites is 1. The molecule has 0 spiro atoms. The van der Waals surface area contributed by atoms with Crippen LogP contribution >= 0.6 is 0 Å². The third-order valence-corrected chi connectivity index (χ3v) is 4.95. The highest BCUT2D eigenvalue weighted by atomic mass is 16.5. The van der Waals surface area contributed by atoms with Crippen molar-refractivity contribution in [2.24, 2.45) is 5.10 Å². The van der Waals surface area contributed by atoms with Crippen molar-refractivity contribution >= 4 is 23.1 Å². The molecular weight excluding hydrogens is 422 g/mol. The van der Waals surface area contributed by atoms with Gasteiger partial charge in [0.25, 0.3) is 5.56 Å². The van der Waals surface area contributed by atoms with Crippen LogP contribution in [0.15, 0.2) is 82.7 Å². The van der Waals surface area contributed by atoms with Gasteiger partial charge >= 0.3 is 5.97 Å². The minimum Gasteiger partial charge on any atom is -0.493 e. The molecule has 0 radical (unpaired) electrons. The van der Waals surface area contributed by atoms with Gasteiger partial charge in [-0.3, -0.25) is 4.79 Å². The molecule has 0 fully saturated rings. The molecule has 0 amide bonds. The Morgan fingerprint density at radius 3 is 2.52 bits per heavy atom. The van der Waals surface area contributed by atoms with E-state index in [1.165, 1.54) is 24.9 Å². The van der Waals surface area contributed by atoms with Crippen LogP contribution in [0, 0.1) is 0 Å². The normalized spacial score (nSPS) is 12.1. The maximum atomic E-state index is 13.2. The summed E-state index contributed by atoms with van der Waals surface area (Å²) in [5.41, 5.74) is 1.67. The van der Waals surface area contributed by atoms with Gasteiger partial charge in [-0.25, -0.2) is 9.78 Å². The number of carboxylic acid groups (broad SMARTS) is 1. The first-order valence-corrected chi connectivity index (χ1v) is 10.2. The lowest BCUT2D eigenvalue weighted by atomic mass is 10.2. The number of ether oxygens (including phenoxy) is 2. The Hall–Kier alpha value is -4.46. The molecule has 8 nitrogen and oxygen atoms in total. The van der Waals surface area contributed by atoms with Gasteiger partial charge in [0, 0.05) is 5.56 Å². The molecule has 0 unspecified atom stereocenters. The van der Waals surface area contributed by atoms with Crippen molar-refractivity contribution in [3.63, 3.8) is 0 Å². The van der Waals surface area contributed by atoms with Crippen LogP contribution in [-0.4, -0.2) is 40.2 Å². The average Bonchev–Trinajstić information content (AvgIpc) is 2.84. The summed E-state index contributed by atoms with van der Waals surface area (Å²) in [6, 6.07) is 21.4. The fourth-order valence-corrected chi connectivity index (χ4v) is 3.23. The molecule has 8 heteroatoms. The number of benzene rings is 3. The highest BCUT2D eigenvalue weighted by Crippen LogP contribution is 2.28. The lowest BCUT2D eigenvalue weighted by Gasteiger charge is -2.14. The van der Waals surface area contributed by atoms with Crippen molar-refractivity contribution in [3.05, 3.63) is 88.7 Å². The molecular formula is C25H21N3O5. The quantitative estimate of drug-likeness (QED) is 0.436. The van der Waals surface area contributed by atoms with Gasteiger partial charge in [-0.15, -0.1) is 0 Å². The van der Waals surface area contributed by atoms with E-state index >= 15 is 0 Å².